The van der Waals surface area contributed by atoms with Gasteiger partial charge < -0.3 is 10.6 Å². The molecule has 0 bridgehead atoms. The zero-order valence-electron chi connectivity index (χ0n) is 12.5. The number of rotatable bonds is 4. The van der Waals surface area contributed by atoms with Crippen LogP contribution in [0.2, 0.25) is 0 Å². The number of benzene rings is 2. The van der Waals surface area contributed by atoms with Crippen molar-refractivity contribution in [3.05, 3.63) is 65.9 Å². The van der Waals surface area contributed by atoms with E-state index < -0.39 is 0 Å². The minimum absolute atomic E-state index is 0.325. The van der Waals surface area contributed by atoms with Gasteiger partial charge in [-0.1, -0.05) is 30.3 Å². The average molecular weight is 302 g/mol. The summed E-state index contributed by atoms with van der Waals surface area (Å²) >= 11 is 0. The van der Waals surface area contributed by atoms with Gasteiger partial charge in [-0.05, 0) is 30.7 Å². The highest BCUT2D eigenvalue weighted by Crippen LogP contribution is 2.20. The molecule has 0 aliphatic heterocycles. The van der Waals surface area contributed by atoms with Crippen LogP contribution in [-0.4, -0.2) is 15.2 Å². The van der Waals surface area contributed by atoms with E-state index >= 15 is 0 Å². The smallest absolute Gasteiger partial charge is 0.249 e. The van der Waals surface area contributed by atoms with Crippen LogP contribution in [0.3, 0.4) is 0 Å². The normalized spacial score (nSPS) is 9.91. The molecule has 0 aliphatic rings. The number of aryl methyl sites for hydroxylation is 1. The summed E-state index contributed by atoms with van der Waals surface area (Å²) in [7, 11) is 0. The Morgan fingerprint density at radius 1 is 0.957 bits per heavy atom. The topological polar surface area (TPSA) is 86.5 Å². The fourth-order valence-electron chi connectivity index (χ4n) is 2.08. The average Bonchev–Trinajstić information content (AvgIpc) is 2.58. The van der Waals surface area contributed by atoms with Crippen LogP contribution in [0.4, 0.5) is 23.1 Å². The Kier molecular flexibility index (Phi) is 4.11. The van der Waals surface area contributed by atoms with Crippen molar-refractivity contribution < 1.29 is 0 Å². The van der Waals surface area contributed by atoms with Gasteiger partial charge in [-0.2, -0.15) is 15.3 Å². The second-order valence-electron chi connectivity index (χ2n) is 4.89. The Hall–Kier alpha value is -3.46. The molecule has 0 unspecified atom stereocenters. The summed E-state index contributed by atoms with van der Waals surface area (Å²) < 4.78 is 0. The Bertz CT molecular complexity index is 869. The molecule has 0 fully saturated rings. The second kappa shape index (κ2) is 6.54. The lowest BCUT2D eigenvalue weighted by Gasteiger charge is -2.10. The third-order valence-corrected chi connectivity index (χ3v) is 3.26. The van der Waals surface area contributed by atoms with E-state index in [2.05, 4.69) is 31.9 Å². The van der Waals surface area contributed by atoms with Gasteiger partial charge in [0, 0.05) is 5.69 Å². The van der Waals surface area contributed by atoms with E-state index in [9.17, 15) is 0 Å². The van der Waals surface area contributed by atoms with Crippen molar-refractivity contribution in [2.75, 3.05) is 10.6 Å². The number of nitrogens with zero attached hydrogens (tertiary/aromatic N) is 4. The number of nitrogens with one attached hydrogen (secondary N) is 2. The molecule has 3 aromatic rings. The molecule has 0 saturated heterocycles. The predicted molar refractivity (Wildman–Crippen MR) is 88.7 cm³/mol. The zero-order chi connectivity index (χ0) is 16.1. The quantitative estimate of drug-likeness (QED) is 0.766. The molecule has 0 aliphatic carbocycles. The predicted octanol–water partition coefficient (Wildman–Crippen LogP) is 3.54. The first-order valence-corrected chi connectivity index (χ1v) is 7.05. The van der Waals surface area contributed by atoms with Gasteiger partial charge in [-0.15, -0.1) is 5.10 Å². The molecule has 6 nitrogen and oxygen atoms in total. The van der Waals surface area contributed by atoms with Crippen LogP contribution in [0.1, 0.15) is 11.1 Å². The van der Waals surface area contributed by atoms with E-state index in [1.807, 2.05) is 37.3 Å². The summed E-state index contributed by atoms with van der Waals surface area (Å²) in [4.78, 5) is 4.37. The van der Waals surface area contributed by atoms with E-state index in [1.54, 1.807) is 24.4 Å². The highest BCUT2D eigenvalue weighted by atomic mass is 15.3. The second-order valence-corrected chi connectivity index (χ2v) is 4.89. The summed E-state index contributed by atoms with van der Waals surface area (Å²) in [5.74, 6) is 0.900. The highest BCUT2D eigenvalue weighted by molar-refractivity contribution is 5.64. The maximum Gasteiger partial charge on any atom is 0.249 e. The van der Waals surface area contributed by atoms with Crippen molar-refractivity contribution in [3.8, 4) is 6.07 Å². The Labute approximate surface area is 133 Å². The molecule has 0 saturated carbocycles. The summed E-state index contributed by atoms with van der Waals surface area (Å²) in [6.07, 6.45) is 1.55. The van der Waals surface area contributed by atoms with Crippen LogP contribution in [-0.2, 0) is 0 Å². The molecule has 0 atom stereocenters. The van der Waals surface area contributed by atoms with Crippen LogP contribution >= 0.6 is 0 Å². The molecular weight excluding hydrogens is 288 g/mol. The summed E-state index contributed by atoms with van der Waals surface area (Å²) in [6.45, 7) is 2.01. The van der Waals surface area contributed by atoms with Gasteiger partial charge in [0.25, 0.3) is 0 Å². The van der Waals surface area contributed by atoms with Gasteiger partial charge >= 0.3 is 0 Å². The van der Waals surface area contributed by atoms with Crippen molar-refractivity contribution in [3.63, 3.8) is 0 Å². The van der Waals surface area contributed by atoms with Gasteiger partial charge in [-0.3, -0.25) is 0 Å². The molecule has 0 amide bonds. The van der Waals surface area contributed by atoms with E-state index in [-0.39, 0.29) is 0 Å². The molecule has 3 rings (SSSR count). The van der Waals surface area contributed by atoms with E-state index in [4.69, 9.17) is 5.26 Å². The van der Waals surface area contributed by atoms with Crippen LogP contribution in [0, 0.1) is 18.3 Å². The molecule has 2 aromatic carbocycles. The minimum Gasteiger partial charge on any atom is -0.339 e. The molecule has 112 valence electrons. The van der Waals surface area contributed by atoms with Gasteiger partial charge in [0.2, 0.25) is 5.95 Å². The number of aromatic nitrogens is 3. The lowest BCUT2D eigenvalue weighted by molar-refractivity contribution is 0.982. The third-order valence-electron chi connectivity index (χ3n) is 3.26. The van der Waals surface area contributed by atoms with Crippen molar-refractivity contribution in [1.29, 1.82) is 5.26 Å². The fourth-order valence-corrected chi connectivity index (χ4v) is 2.08. The number of anilines is 4. The number of hydrogen-bond donors (Lipinski definition) is 2. The lowest BCUT2D eigenvalue weighted by atomic mass is 10.2. The molecular formula is C17H14N6. The maximum absolute atomic E-state index is 9.12. The summed E-state index contributed by atoms with van der Waals surface area (Å²) in [5.41, 5.74) is 3.23. The molecule has 23 heavy (non-hydrogen) atoms. The molecule has 6 heteroatoms. The first-order chi connectivity index (χ1) is 11.3. The number of hydrogen-bond acceptors (Lipinski definition) is 6. The van der Waals surface area contributed by atoms with Crippen LogP contribution in [0.25, 0.3) is 0 Å². The molecule has 1 heterocycles. The molecule has 1 aromatic heterocycles. The standard InChI is InChI=1S/C17H14N6/c1-12-6-2-4-8-14(12)20-16-11-19-23-17(22-16)21-15-9-5-3-7-13(15)10-18/h2-9,11H,1H3,(H2,20,21,22,23). The Morgan fingerprint density at radius 3 is 2.48 bits per heavy atom. The third kappa shape index (κ3) is 3.41. The van der Waals surface area contributed by atoms with E-state index in [0.717, 1.165) is 11.3 Å². The first-order valence-electron chi connectivity index (χ1n) is 7.05. The van der Waals surface area contributed by atoms with Crippen molar-refractivity contribution in [1.82, 2.24) is 15.2 Å². The lowest BCUT2D eigenvalue weighted by Crippen LogP contribution is -2.03. The van der Waals surface area contributed by atoms with Crippen molar-refractivity contribution in [2.45, 2.75) is 6.92 Å². The molecule has 0 spiro atoms. The van der Waals surface area contributed by atoms with Crippen LogP contribution < -0.4 is 10.6 Å². The fraction of sp³-hybridized carbons (Fsp3) is 0.0588. The number of nitriles is 1. The van der Waals surface area contributed by atoms with E-state index in [0.29, 0.717) is 23.0 Å². The van der Waals surface area contributed by atoms with Gasteiger partial charge in [0.05, 0.1) is 17.4 Å². The summed E-state index contributed by atoms with van der Waals surface area (Å²) in [6, 6.07) is 17.2. The summed E-state index contributed by atoms with van der Waals surface area (Å²) in [5, 5.41) is 23.2. The monoisotopic (exact) mass is 302 g/mol. The van der Waals surface area contributed by atoms with Crippen molar-refractivity contribution in [2.24, 2.45) is 0 Å². The Balaban J connectivity index is 1.83. The van der Waals surface area contributed by atoms with Crippen LogP contribution in [0.15, 0.2) is 54.7 Å². The van der Waals surface area contributed by atoms with Gasteiger partial charge in [0.1, 0.15) is 6.07 Å². The molecule has 0 radical (unpaired) electrons. The SMILES string of the molecule is Cc1ccccc1Nc1cnnc(Nc2ccccc2C#N)n1. The largest absolute Gasteiger partial charge is 0.339 e. The van der Waals surface area contributed by atoms with Crippen molar-refractivity contribution >= 4 is 23.1 Å². The van der Waals surface area contributed by atoms with Gasteiger partial charge in [0.15, 0.2) is 5.82 Å². The van der Waals surface area contributed by atoms with Gasteiger partial charge in [-0.25, -0.2) is 0 Å². The molecule has 2 N–H and O–H groups in total. The number of para-hydroxylation sites is 2. The van der Waals surface area contributed by atoms with Crippen LogP contribution in [0.5, 0.6) is 0 Å². The Morgan fingerprint density at radius 2 is 1.70 bits per heavy atom. The first kappa shape index (κ1) is 14.5. The zero-order valence-corrected chi connectivity index (χ0v) is 12.5. The minimum atomic E-state index is 0.325. The van der Waals surface area contributed by atoms with E-state index in [1.165, 1.54) is 0 Å². The maximum atomic E-state index is 9.12. The highest BCUT2D eigenvalue weighted by Gasteiger charge is 2.06.